The Balaban J connectivity index is 2.28. The maximum atomic E-state index is 13.5. The van der Waals surface area contributed by atoms with E-state index in [2.05, 4.69) is 15.7 Å². The van der Waals surface area contributed by atoms with Crippen LogP contribution in [0.3, 0.4) is 0 Å². The molecule has 0 fully saturated rings. The van der Waals surface area contributed by atoms with Gasteiger partial charge in [0.25, 0.3) is 5.91 Å². The highest BCUT2D eigenvalue weighted by molar-refractivity contribution is 5.95. The zero-order valence-corrected chi connectivity index (χ0v) is 13.6. The number of amides is 2. The molecule has 2 amide bonds. The van der Waals surface area contributed by atoms with E-state index >= 15 is 0 Å². The molecule has 1 aromatic carbocycles. The van der Waals surface area contributed by atoms with E-state index in [-0.39, 0.29) is 24.7 Å². The summed E-state index contributed by atoms with van der Waals surface area (Å²) < 4.78 is 41.1. The fourth-order valence-electron chi connectivity index (χ4n) is 2.18. The Morgan fingerprint density at radius 2 is 1.72 bits per heavy atom. The van der Waals surface area contributed by atoms with Crippen molar-refractivity contribution in [2.24, 2.45) is 0 Å². The lowest BCUT2D eigenvalue weighted by Gasteiger charge is -2.13. The molecule has 0 aliphatic rings. The molecule has 134 valence electrons. The predicted molar refractivity (Wildman–Crippen MR) is 84.3 cm³/mol. The summed E-state index contributed by atoms with van der Waals surface area (Å²) in [5.41, 5.74) is -0.625. The van der Waals surface area contributed by atoms with Crippen LogP contribution in [0.1, 0.15) is 28.5 Å². The van der Waals surface area contributed by atoms with Gasteiger partial charge in [-0.2, -0.15) is 18.3 Å². The van der Waals surface area contributed by atoms with E-state index in [1.165, 1.54) is 19.1 Å². The van der Waals surface area contributed by atoms with E-state index in [9.17, 15) is 22.8 Å². The molecule has 0 atom stereocenters. The van der Waals surface area contributed by atoms with Crippen molar-refractivity contribution >= 4 is 11.8 Å². The Hall–Kier alpha value is -2.84. The number of halogens is 3. The van der Waals surface area contributed by atoms with Gasteiger partial charge in [-0.05, 0) is 19.1 Å². The van der Waals surface area contributed by atoms with Gasteiger partial charge in [0.15, 0.2) is 5.69 Å². The Labute approximate surface area is 142 Å². The minimum absolute atomic E-state index is 0.00538. The number of alkyl halides is 3. The van der Waals surface area contributed by atoms with Gasteiger partial charge in [-0.25, -0.2) is 4.68 Å². The lowest BCUT2D eigenvalue weighted by molar-refractivity contribution is -0.143. The predicted octanol–water partition coefficient (Wildman–Crippen LogP) is 2.07. The average Bonchev–Trinajstić information content (AvgIpc) is 2.97. The van der Waals surface area contributed by atoms with Crippen LogP contribution in [0.2, 0.25) is 0 Å². The van der Waals surface area contributed by atoms with Gasteiger partial charge in [-0.1, -0.05) is 17.7 Å². The van der Waals surface area contributed by atoms with E-state index in [0.717, 1.165) is 11.8 Å². The number of rotatable bonds is 5. The summed E-state index contributed by atoms with van der Waals surface area (Å²) in [5, 5.41) is 8.50. The zero-order valence-electron chi connectivity index (χ0n) is 13.6. The largest absolute Gasteiger partial charge is 0.434 e. The number of hydrogen-bond acceptors (Lipinski definition) is 3. The van der Waals surface area contributed by atoms with Crippen LogP contribution in [0.25, 0.3) is 5.69 Å². The Morgan fingerprint density at radius 3 is 2.28 bits per heavy atom. The number of carbonyl (C=O) groups is 2. The number of hydrogen-bond donors (Lipinski definition) is 2. The molecule has 2 rings (SSSR count). The van der Waals surface area contributed by atoms with E-state index < -0.39 is 23.3 Å². The number of nitrogens with zero attached hydrogens (tertiary/aromatic N) is 2. The summed E-state index contributed by atoms with van der Waals surface area (Å²) in [5.74, 6) is -1.20. The van der Waals surface area contributed by atoms with Gasteiger partial charge in [-0.3, -0.25) is 9.59 Å². The monoisotopic (exact) mass is 354 g/mol. The van der Waals surface area contributed by atoms with Gasteiger partial charge in [0.2, 0.25) is 5.91 Å². The van der Waals surface area contributed by atoms with Crippen molar-refractivity contribution in [1.82, 2.24) is 20.4 Å². The fraction of sp³-hybridized carbons (Fsp3) is 0.312. The van der Waals surface area contributed by atoms with E-state index in [4.69, 9.17) is 0 Å². The minimum Gasteiger partial charge on any atom is -0.355 e. The number of benzene rings is 1. The van der Waals surface area contributed by atoms with Crippen molar-refractivity contribution in [2.45, 2.75) is 20.0 Å². The second-order valence-electron chi connectivity index (χ2n) is 5.39. The van der Waals surface area contributed by atoms with Crippen LogP contribution in [0.15, 0.2) is 30.5 Å². The molecule has 0 aliphatic carbocycles. The van der Waals surface area contributed by atoms with Gasteiger partial charge in [0, 0.05) is 20.0 Å². The highest BCUT2D eigenvalue weighted by Gasteiger charge is 2.40. The van der Waals surface area contributed by atoms with E-state index in [1.807, 2.05) is 6.92 Å². The molecule has 0 unspecified atom stereocenters. The quantitative estimate of drug-likeness (QED) is 0.807. The summed E-state index contributed by atoms with van der Waals surface area (Å²) in [7, 11) is 0. The topological polar surface area (TPSA) is 76.0 Å². The lowest BCUT2D eigenvalue weighted by atomic mass is 10.2. The van der Waals surface area contributed by atoms with Crippen LogP contribution in [-0.2, 0) is 11.0 Å². The standard InChI is InChI=1S/C16H17F3N4O2/c1-10-3-5-12(6-4-10)23-14(16(17,18)19)13(9-22-23)15(25)21-8-7-20-11(2)24/h3-6,9H,7-8H2,1-2H3,(H,20,24)(H,21,25). The molecule has 25 heavy (non-hydrogen) atoms. The molecule has 0 saturated heterocycles. The number of aryl methyl sites for hydroxylation is 1. The number of carbonyl (C=O) groups excluding carboxylic acids is 2. The molecule has 0 radical (unpaired) electrons. The third-order valence-electron chi connectivity index (χ3n) is 3.35. The first kappa shape index (κ1) is 18.5. The van der Waals surface area contributed by atoms with Gasteiger partial charge >= 0.3 is 6.18 Å². The highest BCUT2D eigenvalue weighted by Crippen LogP contribution is 2.33. The molecule has 6 nitrogen and oxygen atoms in total. The van der Waals surface area contributed by atoms with Gasteiger partial charge in [0.1, 0.15) is 0 Å². The summed E-state index contributed by atoms with van der Waals surface area (Å²) in [6, 6.07) is 6.31. The summed E-state index contributed by atoms with van der Waals surface area (Å²) in [6.45, 7) is 3.24. The molecule has 0 spiro atoms. The van der Waals surface area contributed by atoms with Crippen LogP contribution >= 0.6 is 0 Å². The Kier molecular flexibility index (Phi) is 5.45. The van der Waals surface area contributed by atoms with Crippen molar-refractivity contribution in [3.05, 3.63) is 47.3 Å². The first-order valence-corrected chi connectivity index (χ1v) is 7.45. The number of nitrogens with one attached hydrogen (secondary N) is 2. The lowest BCUT2D eigenvalue weighted by Crippen LogP contribution is -2.34. The summed E-state index contributed by atoms with van der Waals surface area (Å²) in [6.07, 6.45) is -3.87. The van der Waals surface area contributed by atoms with Crippen molar-refractivity contribution < 1.29 is 22.8 Å². The van der Waals surface area contributed by atoms with Crippen molar-refractivity contribution in [3.63, 3.8) is 0 Å². The minimum atomic E-state index is -4.76. The molecular weight excluding hydrogens is 337 g/mol. The van der Waals surface area contributed by atoms with Crippen LogP contribution in [0.5, 0.6) is 0 Å². The van der Waals surface area contributed by atoms with Crippen LogP contribution < -0.4 is 10.6 Å². The molecule has 2 N–H and O–H groups in total. The third-order valence-corrected chi connectivity index (χ3v) is 3.35. The molecule has 0 bridgehead atoms. The second-order valence-corrected chi connectivity index (χ2v) is 5.39. The molecule has 0 saturated carbocycles. The first-order valence-electron chi connectivity index (χ1n) is 7.45. The average molecular weight is 354 g/mol. The highest BCUT2D eigenvalue weighted by atomic mass is 19.4. The Bertz CT molecular complexity index is 767. The molecule has 1 aromatic heterocycles. The van der Waals surface area contributed by atoms with E-state index in [1.54, 1.807) is 12.1 Å². The fourth-order valence-corrected chi connectivity index (χ4v) is 2.18. The second kappa shape index (κ2) is 7.37. The Morgan fingerprint density at radius 1 is 1.12 bits per heavy atom. The first-order chi connectivity index (χ1) is 11.7. The SMILES string of the molecule is CC(=O)NCCNC(=O)c1cnn(-c2ccc(C)cc2)c1C(F)(F)F. The third kappa shape index (κ3) is 4.59. The van der Waals surface area contributed by atoms with Crippen LogP contribution in [-0.4, -0.2) is 34.7 Å². The van der Waals surface area contributed by atoms with Crippen molar-refractivity contribution in [2.75, 3.05) is 13.1 Å². The normalized spacial score (nSPS) is 11.2. The van der Waals surface area contributed by atoms with Crippen LogP contribution in [0.4, 0.5) is 13.2 Å². The van der Waals surface area contributed by atoms with Gasteiger partial charge in [0.05, 0.1) is 17.4 Å². The molecular formula is C16H17F3N4O2. The van der Waals surface area contributed by atoms with Crippen LogP contribution in [0, 0.1) is 6.92 Å². The van der Waals surface area contributed by atoms with Gasteiger partial charge in [-0.15, -0.1) is 0 Å². The maximum absolute atomic E-state index is 13.5. The van der Waals surface area contributed by atoms with E-state index in [0.29, 0.717) is 4.68 Å². The van der Waals surface area contributed by atoms with Gasteiger partial charge < -0.3 is 10.6 Å². The smallest absolute Gasteiger partial charge is 0.355 e. The molecule has 9 heteroatoms. The van der Waals surface area contributed by atoms with Crippen molar-refractivity contribution in [3.8, 4) is 5.69 Å². The molecule has 2 aromatic rings. The maximum Gasteiger partial charge on any atom is 0.434 e. The summed E-state index contributed by atoms with van der Waals surface area (Å²) in [4.78, 5) is 22.8. The molecule has 0 aliphatic heterocycles. The van der Waals surface area contributed by atoms with Crippen molar-refractivity contribution in [1.29, 1.82) is 0 Å². The molecule has 1 heterocycles. The summed E-state index contributed by atoms with van der Waals surface area (Å²) >= 11 is 0. The zero-order chi connectivity index (χ0) is 18.6. The number of aromatic nitrogens is 2.